The number of ether oxygens (including phenoxy) is 2. The minimum Gasteiger partial charge on any atom is -0.496 e. The van der Waals surface area contributed by atoms with Gasteiger partial charge in [-0.1, -0.05) is 12.1 Å². The number of benzene rings is 1. The number of methoxy groups -OCH3 is 1. The summed E-state index contributed by atoms with van der Waals surface area (Å²) in [6.07, 6.45) is 5.14. The highest BCUT2D eigenvalue weighted by Crippen LogP contribution is 2.23. The van der Waals surface area contributed by atoms with Gasteiger partial charge in [0.1, 0.15) is 11.4 Å². The molecule has 25 heavy (non-hydrogen) atoms. The van der Waals surface area contributed by atoms with E-state index in [4.69, 9.17) is 9.47 Å². The summed E-state index contributed by atoms with van der Waals surface area (Å²) in [5.74, 6) is 0.755. The summed E-state index contributed by atoms with van der Waals surface area (Å²) >= 11 is 0. The first-order chi connectivity index (χ1) is 12.2. The number of morpholine rings is 1. The number of rotatable bonds is 6. The van der Waals surface area contributed by atoms with Crippen LogP contribution in [0.25, 0.3) is 6.08 Å². The first-order valence-corrected chi connectivity index (χ1v) is 8.35. The van der Waals surface area contributed by atoms with Crippen molar-refractivity contribution in [2.45, 2.75) is 6.54 Å². The second-order valence-electron chi connectivity index (χ2n) is 6.03. The molecule has 2 heterocycles. The summed E-state index contributed by atoms with van der Waals surface area (Å²) in [7, 11) is 3.47. The molecule has 6 nitrogen and oxygen atoms in total. The fraction of sp³-hybridized carbons (Fsp3) is 0.368. The molecule has 3 rings (SSSR count). The molecule has 6 heteroatoms. The van der Waals surface area contributed by atoms with E-state index in [-0.39, 0.29) is 5.78 Å². The van der Waals surface area contributed by atoms with Gasteiger partial charge in [-0.3, -0.25) is 14.4 Å². The Labute approximate surface area is 147 Å². The molecular weight excluding hydrogens is 318 g/mol. The van der Waals surface area contributed by atoms with E-state index in [1.165, 1.54) is 0 Å². The summed E-state index contributed by atoms with van der Waals surface area (Å²) in [6, 6.07) is 7.67. The van der Waals surface area contributed by atoms with Crippen molar-refractivity contribution in [1.82, 2.24) is 14.7 Å². The maximum atomic E-state index is 12.1. The lowest BCUT2D eigenvalue weighted by Gasteiger charge is -2.27. The van der Waals surface area contributed by atoms with Crippen LogP contribution >= 0.6 is 0 Å². The number of carbonyl (C=O) groups excluding carboxylic acids is 1. The second-order valence-corrected chi connectivity index (χ2v) is 6.03. The van der Waals surface area contributed by atoms with Crippen molar-refractivity contribution in [3.63, 3.8) is 0 Å². The van der Waals surface area contributed by atoms with E-state index in [0.717, 1.165) is 49.7 Å². The number of aryl methyl sites for hydroxylation is 1. The molecule has 132 valence electrons. The summed E-state index contributed by atoms with van der Waals surface area (Å²) in [4.78, 5) is 14.5. The summed E-state index contributed by atoms with van der Waals surface area (Å²) < 4.78 is 12.5. The number of aromatic nitrogens is 2. The smallest absolute Gasteiger partial charge is 0.206 e. The van der Waals surface area contributed by atoms with Crippen molar-refractivity contribution < 1.29 is 14.3 Å². The normalized spacial score (nSPS) is 15.6. The van der Waals surface area contributed by atoms with Crippen molar-refractivity contribution in [3.05, 3.63) is 53.4 Å². The zero-order chi connectivity index (χ0) is 17.6. The molecule has 0 atom stereocenters. The fourth-order valence-corrected chi connectivity index (χ4v) is 2.83. The average molecular weight is 341 g/mol. The standard InChI is InChI=1S/C19H23N3O3/c1-21-8-7-17(20-21)18(23)5-3-15-4-6-19(24-2)16(13-15)14-22-9-11-25-12-10-22/h3-8,13H,9-12,14H2,1-2H3/b5-3+. The van der Waals surface area contributed by atoms with Gasteiger partial charge in [0.15, 0.2) is 0 Å². The first kappa shape index (κ1) is 17.4. The van der Waals surface area contributed by atoms with Gasteiger partial charge >= 0.3 is 0 Å². The van der Waals surface area contributed by atoms with Gasteiger partial charge in [-0.2, -0.15) is 5.10 Å². The molecule has 0 N–H and O–H groups in total. The Morgan fingerprint density at radius 2 is 2.12 bits per heavy atom. The molecule has 1 saturated heterocycles. The van der Waals surface area contributed by atoms with Crippen LogP contribution in [0, 0.1) is 0 Å². The summed E-state index contributed by atoms with van der Waals surface area (Å²) in [6.45, 7) is 4.17. The van der Waals surface area contributed by atoms with Crippen LogP contribution in [-0.4, -0.2) is 53.9 Å². The van der Waals surface area contributed by atoms with Crippen LogP contribution in [0.15, 0.2) is 36.5 Å². The largest absolute Gasteiger partial charge is 0.496 e. The quantitative estimate of drug-likeness (QED) is 0.595. The zero-order valence-corrected chi connectivity index (χ0v) is 14.6. The van der Waals surface area contributed by atoms with Crippen LogP contribution in [-0.2, 0) is 18.3 Å². The third-order valence-electron chi connectivity index (χ3n) is 4.20. The number of nitrogens with zero attached hydrogens (tertiary/aromatic N) is 3. The number of hydrogen-bond acceptors (Lipinski definition) is 5. The van der Waals surface area contributed by atoms with Gasteiger partial charge in [-0.25, -0.2) is 0 Å². The lowest BCUT2D eigenvalue weighted by Crippen LogP contribution is -2.35. The molecule has 0 saturated carbocycles. The fourth-order valence-electron chi connectivity index (χ4n) is 2.83. The van der Waals surface area contributed by atoms with Crippen molar-refractivity contribution in [3.8, 4) is 5.75 Å². The maximum absolute atomic E-state index is 12.1. The summed E-state index contributed by atoms with van der Waals surface area (Å²) in [5.41, 5.74) is 2.52. The van der Waals surface area contributed by atoms with Crippen LogP contribution in [0.3, 0.4) is 0 Å². The summed E-state index contributed by atoms with van der Waals surface area (Å²) in [5, 5.41) is 4.12. The Balaban J connectivity index is 1.74. The van der Waals surface area contributed by atoms with E-state index in [1.54, 1.807) is 37.2 Å². The molecule has 1 aliphatic heterocycles. The van der Waals surface area contributed by atoms with Crippen LogP contribution in [0.1, 0.15) is 21.6 Å². The van der Waals surface area contributed by atoms with Crippen LogP contribution in [0.2, 0.25) is 0 Å². The molecule has 0 spiro atoms. The van der Waals surface area contributed by atoms with Gasteiger partial charge in [0.05, 0.1) is 20.3 Å². The lowest BCUT2D eigenvalue weighted by atomic mass is 10.1. The van der Waals surface area contributed by atoms with Gasteiger partial charge in [-0.15, -0.1) is 0 Å². The molecule has 0 bridgehead atoms. The van der Waals surface area contributed by atoms with Gasteiger partial charge in [-0.05, 0) is 29.8 Å². The molecule has 1 fully saturated rings. The second kappa shape index (κ2) is 8.09. The predicted molar refractivity (Wildman–Crippen MR) is 95.7 cm³/mol. The Bertz CT molecular complexity index is 761. The zero-order valence-electron chi connectivity index (χ0n) is 14.6. The van der Waals surface area contributed by atoms with Gasteiger partial charge in [0.25, 0.3) is 0 Å². The third-order valence-corrected chi connectivity index (χ3v) is 4.20. The molecule has 0 aliphatic carbocycles. The van der Waals surface area contributed by atoms with Crippen molar-refractivity contribution >= 4 is 11.9 Å². The monoisotopic (exact) mass is 341 g/mol. The molecule has 1 aliphatic rings. The van der Waals surface area contributed by atoms with E-state index < -0.39 is 0 Å². The highest BCUT2D eigenvalue weighted by atomic mass is 16.5. The van der Waals surface area contributed by atoms with Crippen LogP contribution in [0.4, 0.5) is 0 Å². The minimum absolute atomic E-state index is 0.105. The van der Waals surface area contributed by atoms with Crippen molar-refractivity contribution in [2.24, 2.45) is 7.05 Å². The average Bonchev–Trinajstić information content (AvgIpc) is 3.07. The van der Waals surface area contributed by atoms with E-state index in [1.807, 2.05) is 18.2 Å². The topological polar surface area (TPSA) is 56.6 Å². The highest BCUT2D eigenvalue weighted by molar-refractivity contribution is 6.05. The number of allylic oxidation sites excluding steroid dienone is 1. The Kier molecular flexibility index (Phi) is 5.63. The van der Waals surface area contributed by atoms with Gasteiger partial charge in [0.2, 0.25) is 5.78 Å². The van der Waals surface area contributed by atoms with Crippen LogP contribution in [0.5, 0.6) is 5.75 Å². The molecule has 0 amide bonds. The number of ketones is 1. The van der Waals surface area contributed by atoms with Crippen LogP contribution < -0.4 is 4.74 Å². The third kappa shape index (κ3) is 4.55. The lowest BCUT2D eigenvalue weighted by molar-refractivity contribution is 0.0339. The SMILES string of the molecule is COc1ccc(/C=C/C(=O)c2ccn(C)n2)cc1CN1CCOCC1. The van der Waals surface area contributed by atoms with E-state index in [2.05, 4.69) is 16.1 Å². The number of hydrogen-bond donors (Lipinski definition) is 0. The minimum atomic E-state index is -0.105. The molecule has 1 aromatic heterocycles. The van der Waals surface area contributed by atoms with Gasteiger partial charge < -0.3 is 9.47 Å². The predicted octanol–water partition coefficient (Wildman–Crippen LogP) is 2.16. The maximum Gasteiger partial charge on any atom is 0.206 e. The van der Waals surface area contributed by atoms with E-state index in [9.17, 15) is 4.79 Å². The first-order valence-electron chi connectivity index (χ1n) is 8.35. The molecule has 2 aromatic rings. The molecular formula is C19H23N3O3. The van der Waals surface area contributed by atoms with E-state index in [0.29, 0.717) is 5.69 Å². The van der Waals surface area contributed by atoms with Crippen molar-refractivity contribution in [1.29, 1.82) is 0 Å². The number of carbonyl (C=O) groups is 1. The van der Waals surface area contributed by atoms with Crippen molar-refractivity contribution in [2.75, 3.05) is 33.4 Å². The Hall–Kier alpha value is -2.44. The molecule has 0 radical (unpaired) electrons. The molecule has 1 aromatic carbocycles. The Morgan fingerprint density at radius 1 is 1.32 bits per heavy atom. The Morgan fingerprint density at radius 3 is 2.80 bits per heavy atom. The van der Waals surface area contributed by atoms with Gasteiger partial charge in [0, 0.05) is 38.4 Å². The van der Waals surface area contributed by atoms with E-state index >= 15 is 0 Å². The molecule has 0 unspecified atom stereocenters. The highest BCUT2D eigenvalue weighted by Gasteiger charge is 2.13.